The molecule has 0 bridgehead atoms. The monoisotopic (exact) mass is 336 g/mol. The van der Waals surface area contributed by atoms with Crippen LogP contribution in [0.25, 0.3) is 5.65 Å². The quantitative estimate of drug-likeness (QED) is 0.711. The van der Waals surface area contributed by atoms with Gasteiger partial charge in [0.15, 0.2) is 0 Å². The summed E-state index contributed by atoms with van der Waals surface area (Å²) in [5, 5.41) is 0.590. The average Bonchev–Trinajstić information content (AvgIpc) is 2.82. The van der Waals surface area contributed by atoms with Gasteiger partial charge in [0.25, 0.3) is 0 Å². The summed E-state index contributed by atoms with van der Waals surface area (Å²) in [6, 6.07) is 11.4. The van der Waals surface area contributed by atoms with Crippen molar-refractivity contribution >= 4 is 33.2 Å². The number of pyridine rings is 1. The number of nitrogens with zero attached hydrogens (tertiary/aromatic N) is 2. The fraction of sp³-hybridized carbons (Fsp3) is 0.0714. The first-order chi connectivity index (χ1) is 9.22. The van der Waals surface area contributed by atoms with Crippen LogP contribution in [0.3, 0.4) is 0 Å². The van der Waals surface area contributed by atoms with Gasteiger partial charge in [-0.2, -0.15) is 0 Å². The molecule has 0 atom stereocenters. The number of benzene rings is 1. The molecule has 0 spiro atoms. The van der Waals surface area contributed by atoms with Gasteiger partial charge in [-0.3, -0.25) is 0 Å². The van der Waals surface area contributed by atoms with Crippen LogP contribution in [-0.2, 0) is 6.61 Å². The summed E-state index contributed by atoms with van der Waals surface area (Å²) >= 11 is 9.46. The molecule has 0 amide bonds. The van der Waals surface area contributed by atoms with E-state index in [0.717, 1.165) is 15.8 Å². The molecule has 0 unspecified atom stereocenters. The van der Waals surface area contributed by atoms with Crippen molar-refractivity contribution in [3.63, 3.8) is 0 Å². The Labute approximate surface area is 123 Å². The Bertz CT molecular complexity index is 693. The van der Waals surface area contributed by atoms with Crippen LogP contribution in [0.15, 0.2) is 53.3 Å². The maximum atomic E-state index is 6.07. The number of imidazole rings is 1. The van der Waals surface area contributed by atoms with Crippen molar-refractivity contribution in [3.8, 4) is 5.75 Å². The normalized spacial score (nSPS) is 10.8. The molecule has 5 heteroatoms. The molecule has 0 saturated heterocycles. The molecule has 96 valence electrons. The van der Waals surface area contributed by atoms with Crippen molar-refractivity contribution in [2.24, 2.45) is 0 Å². The molecular weight excluding hydrogens is 328 g/mol. The summed E-state index contributed by atoms with van der Waals surface area (Å²) in [7, 11) is 0. The van der Waals surface area contributed by atoms with Crippen LogP contribution in [0, 0.1) is 0 Å². The first-order valence-corrected chi connectivity index (χ1v) is 6.90. The van der Waals surface area contributed by atoms with E-state index in [1.807, 2.05) is 47.1 Å². The maximum Gasteiger partial charge on any atom is 0.139 e. The number of ether oxygens (including phenoxy) is 1. The number of hydrogen-bond donors (Lipinski definition) is 0. The van der Waals surface area contributed by atoms with E-state index in [0.29, 0.717) is 17.4 Å². The van der Waals surface area contributed by atoms with Crippen molar-refractivity contribution in [2.45, 2.75) is 6.61 Å². The Morgan fingerprint density at radius 1 is 1.26 bits per heavy atom. The van der Waals surface area contributed by atoms with Crippen LogP contribution < -0.4 is 4.74 Å². The van der Waals surface area contributed by atoms with Gasteiger partial charge < -0.3 is 9.14 Å². The number of hydrogen-bond acceptors (Lipinski definition) is 2. The van der Waals surface area contributed by atoms with E-state index in [9.17, 15) is 0 Å². The topological polar surface area (TPSA) is 26.5 Å². The Morgan fingerprint density at radius 2 is 2.16 bits per heavy atom. The molecule has 19 heavy (non-hydrogen) atoms. The first-order valence-electron chi connectivity index (χ1n) is 5.73. The van der Waals surface area contributed by atoms with Crippen molar-refractivity contribution < 1.29 is 4.74 Å². The number of fused-ring (bicyclic) bond motifs is 1. The molecule has 2 aromatic heterocycles. The van der Waals surface area contributed by atoms with Crippen LogP contribution in [0.1, 0.15) is 5.69 Å². The molecule has 3 aromatic rings. The third-order valence-electron chi connectivity index (χ3n) is 2.68. The van der Waals surface area contributed by atoms with E-state index in [-0.39, 0.29) is 0 Å². The van der Waals surface area contributed by atoms with Crippen molar-refractivity contribution in [1.29, 1.82) is 0 Å². The zero-order valence-corrected chi connectivity index (χ0v) is 12.2. The molecule has 3 nitrogen and oxygen atoms in total. The van der Waals surface area contributed by atoms with Gasteiger partial charge >= 0.3 is 0 Å². The van der Waals surface area contributed by atoms with Gasteiger partial charge in [-0.1, -0.05) is 33.6 Å². The Balaban J connectivity index is 1.80. The minimum atomic E-state index is 0.387. The molecule has 0 fully saturated rings. The number of aromatic nitrogens is 2. The highest BCUT2D eigenvalue weighted by Crippen LogP contribution is 2.28. The van der Waals surface area contributed by atoms with E-state index < -0.39 is 0 Å². The predicted octanol–water partition coefficient (Wildman–Crippen LogP) is 4.33. The molecular formula is C14H10BrClN2O. The SMILES string of the molecule is Clc1ccc(Br)cc1OCc1cn2ccccc2n1. The minimum absolute atomic E-state index is 0.387. The molecule has 3 rings (SSSR count). The molecule has 0 aliphatic rings. The van der Waals surface area contributed by atoms with Crippen LogP contribution >= 0.6 is 27.5 Å². The second kappa shape index (κ2) is 5.23. The second-order valence-corrected chi connectivity index (χ2v) is 5.38. The zero-order chi connectivity index (χ0) is 13.2. The van der Waals surface area contributed by atoms with Crippen LogP contribution in [0.5, 0.6) is 5.75 Å². The van der Waals surface area contributed by atoms with Crippen LogP contribution in [0.2, 0.25) is 5.02 Å². The number of halogens is 2. The van der Waals surface area contributed by atoms with E-state index in [1.165, 1.54) is 0 Å². The lowest BCUT2D eigenvalue weighted by molar-refractivity contribution is 0.302. The summed E-state index contributed by atoms with van der Waals surface area (Å²) in [6.45, 7) is 0.387. The summed E-state index contributed by atoms with van der Waals surface area (Å²) in [6.07, 6.45) is 3.90. The Morgan fingerprint density at radius 3 is 3.00 bits per heavy atom. The summed E-state index contributed by atoms with van der Waals surface area (Å²) in [5.74, 6) is 0.646. The summed E-state index contributed by atoms with van der Waals surface area (Å²) in [5.41, 5.74) is 1.77. The first kappa shape index (κ1) is 12.5. The molecule has 0 N–H and O–H groups in total. The van der Waals surface area contributed by atoms with E-state index in [1.54, 1.807) is 6.07 Å². The van der Waals surface area contributed by atoms with Gasteiger partial charge in [-0.05, 0) is 30.3 Å². The Hall–Kier alpha value is -1.52. The van der Waals surface area contributed by atoms with Crippen molar-refractivity contribution in [3.05, 3.63) is 64.0 Å². The number of rotatable bonds is 3. The molecule has 0 saturated carbocycles. The highest BCUT2D eigenvalue weighted by atomic mass is 79.9. The second-order valence-electron chi connectivity index (χ2n) is 4.06. The fourth-order valence-corrected chi connectivity index (χ4v) is 2.31. The van der Waals surface area contributed by atoms with Gasteiger partial charge in [0.2, 0.25) is 0 Å². The molecule has 0 radical (unpaired) electrons. The molecule has 1 aromatic carbocycles. The fourth-order valence-electron chi connectivity index (χ4n) is 1.80. The Kier molecular flexibility index (Phi) is 3.44. The third kappa shape index (κ3) is 2.74. The standard InChI is InChI=1S/C14H10BrClN2O/c15-10-4-5-12(16)13(7-10)19-9-11-8-18-6-2-1-3-14(18)17-11/h1-8H,9H2. The van der Waals surface area contributed by atoms with Gasteiger partial charge in [-0.15, -0.1) is 0 Å². The van der Waals surface area contributed by atoms with Gasteiger partial charge in [0, 0.05) is 16.9 Å². The summed E-state index contributed by atoms with van der Waals surface area (Å²) in [4.78, 5) is 4.46. The summed E-state index contributed by atoms with van der Waals surface area (Å²) < 4.78 is 8.59. The van der Waals surface area contributed by atoms with Crippen molar-refractivity contribution in [2.75, 3.05) is 0 Å². The van der Waals surface area contributed by atoms with Crippen LogP contribution in [0.4, 0.5) is 0 Å². The molecule has 2 heterocycles. The van der Waals surface area contributed by atoms with Gasteiger partial charge in [-0.25, -0.2) is 4.98 Å². The minimum Gasteiger partial charge on any atom is -0.486 e. The maximum absolute atomic E-state index is 6.07. The highest BCUT2D eigenvalue weighted by molar-refractivity contribution is 9.10. The van der Waals surface area contributed by atoms with E-state index in [4.69, 9.17) is 16.3 Å². The van der Waals surface area contributed by atoms with E-state index >= 15 is 0 Å². The van der Waals surface area contributed by atoms with E-state index in [2.05, 4.69) is 20.9 Å². The zero-order valence-electron chi connectivity index (χ0n) is 9.88. The lowest BCUT2D eigenvalue weighted by atomic mass is 10.3. The molecule has 0 aliphatic carbocycles. The lowest BCUT2D eigenvalue weighted by Gasteiger charge is -2.06. The predicted molar refractivity (Wildman–Crippen MR) is 78.7 cm³/mol. The van der Waals surface area contributed by atoms with Gasteiger partial charge in [0.05, 0.1) is 10.7 Å². The average molecular weight is 338 g/mol. The van der Waals surface area contributed by atoms with Gasteiger partial charge in [0.1, 0.15) is 18.0 Å². The molecule has 0 aliphatic heterocycles. The third-order valence-corrected chi connectivity index (χ3v) is 3.49. The lowest BCUT2D eigenvalue weighted by Crippen LogP contribution is -1.96. The van der Waals surface area contributed by atoms with Crippen LogP contribution in [-0.4, -0.2) is 9.38 Å². The largest absolute Gasteiger partial charge is 0.486 e. The highest BCUT2D eigenvalue weighted by Gasteiger charge is 2.05. The van der Waals surface area contributed by atoms with Crippen molar-refractivity contribution in [1.82, 2.24) is 9.38 Å². The smallest absolute Gasteiger partial charge is 0.139 e.